The second-order valence-electron chi connectivity index (χ2n) is 4.28. The van der Waals surface area contributed by atoms with Crippen molar-refractivity contribution in [3.63, 3.8) is 0 Å². The molecule has 0 aliphatic carbocycles. The fraction of sp³-hybridized carbons (Fsp3) is 0.462. The Labute approximate surface area is 96.2 Å². The lowest BCUT2D eigenvalue weighted by molar-refractivity contribution is -0.130. The zero-order valence-electron chi connectivity index (χ0n) is 9.43. The van der Waals surface area contributed by atoms with Crippen LogP contribution in [0.15, 0.2) is 30.3 Å². The fourth-order valence-corrected chi connectivity index (χ4v) is 2.38. The van der Waals surface area contributed by atoms with Gasteiger partial charge in [0.1, 0.15) is 0 Å². The molecule has 0 radical (unpaired) electrons. The largest absolute Gasteiger partial charge is 0.338 e. The van der Waals surface area contributed by atoms with Gasteiger partial charge in [0.2, 0.25) is 5.91 Å². The molecule has 1 aromatic carbocycles. The third kappa shape index (κ3) is 2.42. The van der Waals surface area contributed by atoms with E-state index in [0.717, 1.165) is 25.8 Å². The molecule has 2 rings (SSSR count). The number of carbonyl (C=O) groups is 1. The minimum absolute atomic E-state index is 0.0819. The Morgan fingerprint density at radius 3 is 2.81 bits per heavy atom. The van der Waals surface area contributed by atoms with Gasteiger partial charge in [-0.2, -0.15) is 0 Å². The molecule has 0 spiro atoms. The second-order valence-corrected chi connectivity index (χ2v) is 4.28. The lowest BCUT2D eigenvalue weighted by atomic mass is 10.0. The first kappa shape index (κ1) is 11.1. The highest BCUT2D eigenvalue weighted by Gasteiger charge is 2.27. The number of rotatable bonds is 3. The van der Waals surface area contributed by atoms with Crippen molar-refractivity contribution in [2.45, 2.75) is 25.3 Å². The van der Waals surface area contributed by atoms with Crippen LogP contribution in [0.2, 0.25) is 0 Å². The molecule has 1 amide bonds. The molecular weight excluding hydrogens is 200 g/mol. The van der Waals surface area contributed by atoms with Crippen LogP contribution in [0, 0.1) is 0 Å². The van der Waals surface area contributed by atoms with Gasteiger partial charge in [-0.1, -0.05) is 30.3 Å². The van der Waals surface area contributed by atoms with Crippen molar-refractivity contribution in [1.29, 1.82) is 0 Å². The minimum atomic E-state index is 0.0819. The van der Waals surface area contributed by atoms with Crippen LogP contribution in [0.5, 0.6) is 0 Å². The molecule has 1 unspecified atom stereocenters. The van der Waals surface area contributed by atoms with E-state index < -0.39 is 0 Å². The zero-order valence-corrected chi connectivity index (χ0v) is 9.43. The molecule has 3 heteroatoms. The van der Waals surface area contributed by atoms with Gasteiger partial charge in [-0.05, 0) is 24.8 Å². The summed E-state index contributed by atoms with van der Waals surface area (Å²) in [6, 6.07) is 10.7. The molecule has 1 aromatic rings. The van der Waals surface area contributed by atoms with E-state index in [0.29, 0.717) is 6.04 Å². The van der Waals surface area contributed by atoms with Gasteiger partial charge in [-0.3, -0.25) is 4.79 Å². The number of likely N-dealkylation sites (tertiary alicyclic amines) is 1. The Kier molecular flexibility index (Phi) is 3.57. The maximum atomic E-state index is 11.6. The number of benzene rings is 1. The SMILES string of the molecule is NCC(=O)N1CCCC1Cc1ccccc1. The van der Waals surface area contributed by atoms with E-state index in [1.54, 1.807) is 0 Å². The molecule has 1 atom stereocenters. The summed E-state index contributed by atoms with van der Waals surface area (Å²) in [5.41, 5.74) is 6.71. The number of nitrogens with zero attached hydrogens (tertiary/aromatic N) is 1. The monoisotopic (exact) mass is 218 g/mol. The molecule has 1 aliphatic heterocycles. The highest BCUT2D eigenvalue weighted by atomic mass is 16.2. The predicted molar refractivity (Wildman–Crippen MR) is 63.9 cm³/mol. The lowest BCUT2D eigenvalue weighted by Crippen LogP contribution is -2.40. The number of hydrogen-bond acceptors (Lipinski definition) is 2. The zero-order chi connectivity index (χ0) is 11.4. The maximum Gasteiger partial charge on any atom is 0.236 e. The molecule has 2 N–H and O–H groups in total. The van der Waals surface area contributed by atoms with Gasteiger partial charge in [0, 0.05) is 12.6 Å². The summed E-state index contributed by atoms with van der Waals surface area (Å²) >= 11 is 0. The average Bonchev–Trinajstić information content (AvgIpc) is 2.77. The molecule has 1 aliphatic rings. The van der Waals surface area contributed by atoms with E-state index in [1.807, 2.05) is 23.1 Å². The van der Waals surface area contributed by atoms with Crippen molar-refractivity contribution in [3.05, 3.63) is 35.9 Å². The molecular formula is C13H18N2O. The number of amides is 1. The van der Waals surface area contributed by atoms with Crippen molar-refractivity contribution >= 4 is 5.91 Å². The highest BCUT2D eigenvalue weighted by molar-refractivity contribution is 5.78. The first-order chi connectivity index (χ1) is 7.81. The van der Waals surface area contributed by atoms with Crippen LogP contribution >= 0.6 is 0 Å². The summed E-state index contributed by atoms with van der Waals surface area (Å²) in [7, 11) is 0. The summed E-state index contributed by atoms with van der Waals surface area (Å²) in [4.78, 5) is 13.6. The lowest BCUT2D eigenvalue weighted by Gasteiger charge is -2.24. The van der Waals surface area contributed by atoms with Gasteiger partial charge in [0.05, 0.1) is 6.54 Å². The first-order valence-corrected chi connectivity index (χ1v) is 5.84. The van der Waals surface area contributed by atoms with Gasteiger partial charge in [0.25, 0.3) is 0 Å². The topological polar surface area (TPSA) is 46.3 Å². The Morgan fingerprint density at radius 1 is 1.38 bits per heavy atom. The van der Waals surface area contributed by atoms with Gasteiger partial charge < -0.3 is 10.6 Å². The van der Waals surface area contributed by atoms with Gasteiger partial charge >= 0.3 is 0 Å². The van der Waals surface area contributed by atoms with Gasteiger partial charge in [-0.25, -0.2) is 0 Å². The Morgan fingerprint density at radius 2 is 2.12 bits per heavy atom. The summed E-state index contributed by atoms with van der Waals surface area (Å²) in [5, 5.41) is 0. The third-order valence-corrected chi connectivity index (χ3v) is 3.19. The quantitative estimate of drug-likeness (QED) is 0.828. The first-order valence-electron chi connectivity index (χ1n) is 5.84. The molecule has 1 fully saturated rings. The van der Waals surface area contributed by atoms with Crippen LogP contribution in [-0.2, 0) is 11.2 Å². The van der Waals surface area contributed by atoms with Crippen LogP contribution < -0.4 is 5.73 Å². The van der Waals surface area contributed by atoms with Crippen LogP contribution in [-0.4, -0.2) is 29.9 Å². The van der Waals surface area contributed by atoms with Crippen LogP contribution in [0.25, 0.3) is 0 Å². The summed E-state index contributed by atoms with van der Waals surface area (Å²) < 4.78 is 0. The highest BCUT2D eigenvalue weighted by Crippen LogP contribution is 2.20. The van der Waals surface area contributed by atoms with E-state index in [9.17, 15) is 4.79 Å². The van der Waals surface area contributed by atoms with Crippen LogP contribution in [0.4, 0.5) is 0 Å². The Bertz CT molecular complexity index is 350. The Balaban J connectivity index is 2.01. The summed E-state index contributed by atoms with van der Waals surface area (Å²) in [6.07, 6.45) is 3.15. The molecule has 1 heterocycles. The second kappa shape index (κ2) is 5.12. The van der Waals surface area contributed by atoms with E-state index in [4.69, 9.17) is 5.73 Å². The molecule has 86 valence electrons. The molecule has 16 heavy (non-hydrogen) atoms. The predicted octanol–water partition coefficient (Wildman–Crippen LogP) is 1.18. The smallest absolute Gasteiger partial charge is 0.236 e. The molecule has 1 saturated heterocycles. The Hall–Kier alpha value is -1.35. The number of nitrogens with two attached hydrogens (primary N) is 1. The van der Waals surface area contributed by atoms with Crippen molar-refractivity contribution in [2.24, 2.45) is 5.73 Å². The number of carbonyl (C=O) groups excluding carboxylic acids is 1. The van der Waals surface area contributed by atoms with E-state index in [-0.39, 0.29) is 12.5 Å². The molecule has 3 nitrogen and oxygen atoms in total. The standard InChI is InChI=1S/C13H18N2O/c14-10-13(16)15-8-4-7-12(15)9-11-5-2-1-3-6-11/h1-3,5-6,12H,4,7-10,14H2. The van der Waals surface area contributed by atoms with Crippen molar-refractivity contribution in [2.75, 3.05) is 13.1 Å². The van der Waals surface area contributed by atoms with Crippen LogP contribution in [0.1, 0.15) is 18.4 Å². The van der Waals surface area contributed by atoms with E-state index in [1.165, 1.54) is 5.56 Å². The third-order valence-electron chi connectivity index (χ3n) is 3.19. The summed E-state index contributed by atoms with van der Waals surface area (Å²) in [5.74, 6) is 0.0819. The van der Waals surface area contributed by atoms with E-state index in [2.05, 4.69) is 12.1 Å². The fourth-order valence-electron chi connectivity index (χ4n) is 2.38. The molecule has 0 aromatic heterocycles. The van der Waals surface area contributed by atoms with Crippen LogP contribution in [0.3, 0.4) is 0 Å². The van der Waals surface area contributed by atoms with Gasteiger partial charge in [-0.15, -0.1) is 0 Å². The number of hydrogen-bond donors (Lipinski definition) is 1. The minimum Gasteiger partial charge on any atom is -0.338 e. The van der Waals surface area contributed by atoms with Crippen molar-refractivity contribution in [3.8, 4) is 0 Å². The molecule has 0 bridgehead atoms. The normalized spacial score (nSPS) is 20.1. The van der Waals surface area contributed by atoms with E-state index >= 15 is 0 Å². The average molecular weight is 218 g/mol. The van der Waals surface area contributed by atoms with Gasteiger partial charge in [0.15, 0.2) is 0 Å². The summed E-state index contributed by atoms with van der Waals surface area (Å²) in [6.45, 7) is 0.999. The molecule has 0 saturated carbocycles. The van der Waals surface area contributed by atoms with Crippen molar-refractivity contribution in [1.82, 2.24) is 4.90 Å². The van der Waals surface area contributed by atoms with Crippen molar-refractivity contribution < 1.29 is 4.79 Å². The maximum absolute atomic E-state index is 11.6.